The fourth-order valence-corrected chi connectivity index (χ4v) is 1.71. The predicted octanol–water partition coefficient (Wildman–Crippen LogP) is 3.83. The van der Waals surface area contributed by atoms with E-state index in [0.29, 0.717) is 5.03 Å². The molecule has 0 aliphatic carbocycles. The zero-order valence-corrected chi connectivity index (χ0v) is 9.72. The summed E-state index contributed by atoms with van der Waals surface area (Å²) >= 11 is 6.15. The summed E-state index contributed by atoms with van der Waals surface area (Å²) in [5, 5.41) is 19.1. The first-order chi connectivity index (χ1) is 8.16. The van der Waals surface area contributed by atoms with E-state index in [1.54, 1.807) is 12.1 Å². The minimum Gasteiger partial charge on any atom is -0.504 e. The fraction of sp³-hybridized carbons (Fsp3) is 0. The number of hydrogen-bond acceptors (Lipinski definition) is 2. The van der Waals surface area contributed by atoms with Crippen LogP contribution in [0.5, 0.6) is 11.5 Å². The number of rotatable bonds is 2. The molecule has 2 nitrogen and oxygen atoms in total. The molecule has 2 aromatic rings. The largest absolute Gasteiger partial charge is 0.504 e. The Labute approximate surface area is 104 Å². The Hall–Kier alpha value is -1.93. The van der Waals surface area contributed by atoms with Gasteiger partial charge in [-0.15, -0.1) is 0 Å². The Kier molecular flexibility index (Phi) is 3.35. The van der Waals surface area contributed by atoms with Crippen LogP contribution in [0.1, 0.15) is 11.1 Å². The van der Waals surface area contributed by atoms with Gasteiger partial charge < -0.3 is 10.2 Å². The van der Waals surface area contributed by atoms with Gasteiger partial charge in [0.25, 0.3) is 0 Å². The third-order valence-electron chi connectivity index (χ3n) is 2.34. The average Bonchev–Trinajstić information content (AvgIpc) is 2.35. The van der Waals surface area contributed by atoms with Crippen molar-refractivity contribution < 1.29 is 10.2 Å². The molecule has 0 unspecified atom stereocenters. The Balaban J connectivity index is 2.33. The van der Waals surface area contributed by atoms with Crippen molar-refractivity contribution in [2.45, 2.75) is 0 Å². The van der Waals surface area contributed by atoms with Crippen molar-refractivity contribution in [2.75, 3.05) is 0 Å². The van der Waals surface area contributed by atoms with E-state index in [0.717, 1.165) is 11.1 Å². The quantitative estimate of drug-likeness (QED) is 0.624. The minimum absolute atomic E-state index is 0.141. The number of benzene rings is 2. The molecule has 2 rings (SSSR count). The van der Waals surface area contributed by atoms with Gasteiger partial charge in [0.15, 0.2) is 11.5 Å². The molecule has 0 atom stereocenters. The molecule has 2 N–H and O–H groups in total. The van der Waals surface area contributed by atoms with E-state index >= 15 is 0 Å². The molecule has 0 bridgehead atoms. The summed E-state index contributed by atoms with van der Waals surface area (Å²) in [6.45, 7) is 0. The number of hydrogen-bond donors (Lipinski definition) is 2. The first kappa shape index (κ1) is 11.6. The molecule has 2 aromatic carbocycles. The van der Waals surface area contributed by atoms with Gasteiger partial charge in [0.1, 0.15) is 0 Å². The van der Waals surface area contributed by atoms with Gasteiger partial charge in [0.05, 0.1) is 0 Å². The van der Waals surface area contributed by atoms with Gasteiger partial charge in [0.2, 0.25) is 0 Å². The Bertz CT molecular complexity index is 547. The van der Waals surface area contributed by atoms with Crippen molar-refractivity contribution in [3.63, 3.8) is 0 Å². The molecule has 86 valence electrons. The van der Waals surface area contributed by atoms with E-state index in [4.69, 9.17) is 11.6 Å². The van der Waals surface area contributed by atoms with Gasteiger partial charge in [0, 0.05) is 5.03 Å². The first-order valence-corrected chi connectivity index (χ1v) is 5.49. The smallest absolute Gasteiger partial charge is 0.157 e. The molecule has 0 aliphatic rings. The summed E-state index contributed by atoms with van der Waals surface area (Å²) in [5.41, 5.74) is 1.64. The molecule has 0 saturated heterocycles. The first-order valence-electron chi connectivity index (χ1n) is 5.11. The maximum Gasteiger partial charge on any atom is 0.157 e. The lowest BCUT2D eigenvalue weighted by atomic mass is 10.1. The van der Waals surface area contributed by atoms with E-state index in [9.17, 15) is 10.2 Å². The monoisotopic (exact) mass is 246 g/mol. The van der Waals surface area contributed by atoms with Crippen LogP contribution in [0.2, 0.25) is 0 Å². The third kappa shape index (κ3) is 2.80. The lowest BCUT2D eigenvalue weighted by molar-refractivity contribution is 0.403. The molecular weight excluding hydrogens is 236 g/mol. The third-order valence-corrected chi connectivity index (χ3v) is 2.67. The molecule has 0 radical (unpaired) electrons. The lowest BCUT2D eigenvalue weighted by Crippen LogP contribution is -1.77. The van der Waals surface area contributed by atoms with Crippen LogP contribution in [-0.4, -0.2) is 10.2 Å². The van der Waals surface area contributed by atoms with Crippen LogP contribution in [0, 0.1) is 0 Å². The zero-order valence-electron chi connectivity index (χ0n) is 8.97. The van der Waals surface area contributed by atoms with E-state index < -0.39 is 0 Å². The standard InChI is InChI=1S/C14H11ClO2/c15-12(11-4-2-1-3-5-11)8-10-6-7-13(16)14(17)9-10/h1-9,16-17H. The molecular formula is C14H11ClO2. The molecule has 0 amide bonds. The summed E-state index contributed by atoms with van der Waals surface area (Å²) in [5.74, 6) is -0.297. The van der Waals surface area contributed by atoms with Gasteiger partial charge in [-0.3, -0.25) is 0 Å². The highest BCUT2D eigenvalue weighted by atomic mass is 35.5. The van der Waals surface area contributed by atoms with E-state index in [2.05, 4.69) is 0 Å². The summed E-state index contributed by atoms with van der Waals surface area (Å²) < 4.78 is 0. The molecule has 0 fully saturated rings. The number of aromatic hydroxyl groups is 2. The number of phenols is 2. The molecule has 0 aliphatic heterocycles. The molecule has 17 heavy (non-hydrogen) atoms. The molecule has 3 heteroatoms. The van der Waals surface area contributed by atoms with Gasteiger partial charge in [-0.1, -0.05) is 48.0 Å². The SMILES string of the molecule is Oc1ccc(C=C(Cl)c2ccccc2)cc1O. The fourth-order valence-electron chi connectivity index (χ4n) is 1.46. The van der Waals surface area contributed by atoms with Gasteiger partial charge >= 0.3 is 0 Å². The van der Waals surface area contributed by atoms with Crippen molar-refractivity contribution in [1.29, 1.82) is 0 Å². The number of phenolic OH excluding ortho intramolecular Hbond substituents is 2. The van der Waals surface area contributed by atoms with Crippen LogP contribution in [-0.2, 0) is 0 Å². The molecule has 0 aromatic heterocycles. The van der Waals surface area contributed by atoms with Crippen molar-refractivity contribution in [3.05, 3.63) is 59.7 Å². The highest BCUT2D eigenvalue weighted by molar-refractivity contribution is 6.51. The van der Waals surface area contributed by atoms with Crippen molar-refractivity contribution in [3.8, 4) is 11.5 Å². The van der Waals surface area contributed by atoms with Crippen LogP contribution in [0.25, 0.3) is 11.1 Å². The molecule has 0 saturated carbocycles. The average molecular weight is 247 g/mol. The summed E-state index contributed by atoms with van der Waals surface area (Å²) in [6, 6.07) is 14.1. The Morgan fingerprint density at radius 1 is 0.941 bits per heavy atom. The van der Waals surface area contributed by atoms with E-state index in [-0.39, 0.29) is 11.5 Å². The van der Waals surface area contributed by atoms with Crippen LogP contribution < -0.4 is 0 Å². The van der Waals surface area contributed by atoms with Crippen molar-refractivity contribution in [2.24, 2.45) is 0 Å². The van der Waals surface area contributed by atoms with Gasteiger partial charge in [-0.05, 0) is 29.3 Å². The Morgan fingerprint density at radius 3 is 2.29 bits per heavy atom. The molecule has 0 spiro atoms. The maximum atomic E-state index is 9.36. The van der Waals surface area contributed by atoms with Gasteiger partial charge in [-0.25, -0.2) is 0 Å². The topological polar surface area (TPSA) is 40.5 Å². The van der Waals surface area contributed by atoms with E-state index in [1.165, 1.54) is 12.1 Å². The second kappa shape index (κ2) is 4.93. The van der Waals surface area contributed by atoms with Crippen LogP contribution in [0.15, 0.2) is 48.5 Å². The highest BCUT2D eigenvalue weighted by Gasteiger charge is 2.01. The summed E-state index contributed by atoms with van der Waals surface area (Å²) in [6.07, 6.45) is 1.73. The lowest BCUT2D eigenvalue weighted by Gasteiger charge is -2.01. The van der Waals surface area contributed by atoms with Crippen LogP contribution in [0.4, 0.5) is 0 Å². The number of halogens is 1. The Morgan fingerprint density at radius 2 is 1.65 bits per heavy atom. The summed E-state index contributed by atoms with van der Waals surface area (Å²) in [7, 11) is 0. The van der Waals surface area contributed by atoms with Crippen LogP contribution >= 0.6 is 11.6 Å². The van der Waals surface area contributed by atoms with Gasteiger partial charge in [-0.2, -0.15) is 0 Å². The highest BCUT2D eigenvalue weighted by Crippen LogP contribution is 2.28. The maximum absolute atomic E-state index is 9.36. The van der Waals surface area contributed by atoms with Crippen molar-refractivity contribution in [1.82, 2.24) is 0 Å². The van der Waals surface area contributed by atoms with Crippen LogP contribution in [0.3, 0.4) is 0 Å². The normalized spacial score (nSPS) is 11.5. The predicted molar refractivity (Wildman–Crippen MR) is 69.9 cm³/mol. The second-order valence-electron chi connectivity index (χ2n) is 3.61. The second-order valence-corrected chi connectivity index (χ2v) is 4.01. The summed E-state index contributed by atoms with van der Waals surface area (Å²) in [4.78, 5) is 0. The van der Waals surface area contributed by atoms with Crippen molar-refractivity contribution >= 4 is 22.7 Å². The minimum atomic E-state index is -0.156. The van der Waals surface area contributed by atoms with E-state index in [1.807, 2.05) is 30.3 Å². The zero-order chi connectivity index (χ0) is 12.3. The molecule has 0 heterocycles.